The average molecular weight is 258 g/mol. The summed E-state index contributed by atoms with van der Waals surface area (Å²) in [5, 5.41) is 0. The van der Waals surface area contributed by atoms with Gasteiger partial charge < -0.3 is 5.73 Å². The number of hydrogen-bond acceptors (Lipinski definition) is 2. The molecule has 2 nitrogen and oxygen atoms in total. The third kappa shape index (κ3) is 2.21. The van der Waals surface area contributed by atoms with E-state index in [-0.39, 0.29) is 6.04 Å². The van der Waals surface area contributed by atoms with Crippen molar-refractivity contribution in [3.63, 3.8) is 0 Å². The molecule has 1 saturated heterocycles. The van der Waals surface area contributed by atoms with Crippen LogP contribution in [0.5, 0.6) is 0 Å². The van der Waals surface area contributed by atoms with Gasteiger partial charge in [0.25, 0.3) is 0 Å². The molecule has 1 aromatic rings. The topological polar surface area (TPSA) is 29.3 Å². The van der Waals surface area contributed by atoms with E-state index in [1.54, 1.807) is 0 Å². The minimum atomic E-state index is 0.223. The quantitative estimate of drug-likeness (QED) is 0.835. The third-order valence-corrected chi connectivity index (χ3v) is 5.28. The van der Waals surface area contributed by atoms with Gasteiger partial charge in [0, 0.05) is 24.7 Å². The van der Waals surface area contributed by atoms with Crippen molar-refractivity contribution in [3.8, 4) is 0 Å². The first-order chi connectivity index (χ1) is 9.08. The molecule has 1 fully saturated rings. The molecular weight excluding hydrogens is 232 g/mol. The van der Waals surface area contributed by atoms with E-state index in [2.05, 4.69) is 49.9 Å². The maximum absolute atomic E-state index is 6.33. The van der Waals surface area contributed by atoms with Crippen molar-refractivity contribution in [2.45, 2.75) is 51.7 Å². The molecule has 0 bridgehead atoms. The maximum atomic E-state index is 6.33. The lowest BCUT2D eigenvalue weighted by Crippen LogP contribution is -2.47. The predicted molar refractivity (Wildman–Crippen MR) is 79.8 cm³/mol. The number of piperidine rings is 1. The summed E-state index contributed by atoms with van der Waals surface area (Å²) in [6, 6.07) is 10.2. The van der Waals surface area contributed by atoms with E-state index < -0.39 is 0 Å². The van der Waals surface area contributed by atoms with E-state index in [4.69, 9.17) is 5.73 Å². The molecule has 19 heavy (non-hydrogen) atoms. The summed E-state index contributed by atoms with van der Waals surface area (Å²) in [5.74, 6) is 1.59. The minimum Gasteiger partial charge on any atom is -0.324 e. The number of rotatable bonds is 1. The van der Waals surface area contributed by atoms with Crippen molar-refractivity contribution in [2.24, 2.45) is 17.6 Å². The highest BCUT2D eigenvalue weighted by Crippen LogP contribution is 2.44. The van der Waals surface area contributed by atoms with Crippen molar-refractivity contribution in [1.82, 2.24) is 4.90 Å². The second-order valence-corrected chi connectivity index (χ2v) is 6.74. The van der Waals surface area contributed by atoms with E-state index in [1.165, 1.54) is 24.1 Å². The third-order valence-electron chi connectivity index (χ3n) is 5.28. The normalized spacial score (nSPS) is 39.3. The molecule has 104 valence electrons. The summed E-state index contributed by atoms with van der Waals surface area (Å²) in [5.41, 5.74) is 9.17. The molecule has 2 aliphatic rings. The molecule has 2 heteroatoms. The van der Waals surface area contributed by atoms with Crippen LogP contribution in [-0.4, -0.2) is 17.5 Å². The van der Waals surface area contributed by atoms with E-state index in [1.807, 2.05) is 0 Å². The fourth-order valence-corrected chi connectivity index (χ4v) is 4.13. The smallest absolute Gasteiger partial charge is 0.0372 e. The summed E-state index contributed by atoms with van der Waals surface area (Å²) < 4.78 is 0. The Kier molecular flexibility index (Phi) is 3.40. The van der Waals surface area contributed by atoms with Crippen molar-refractivity contribution in [3.05, 3.63) is 35.4 Å². The fourth-order valence-electron chi connectivity index (χ4n) is 4.13. The van der Waals surface area contributed by atoms with Gasteiger partial charge in [0.1, 0.15) is 0 Å². The van der Waals surface area contributed by atoms with Crippen LogP contribution in [0.25, 0.3) is 0 Å². The number of hydrogen-bond donors (Lipinski definition) is 1. The Balaban J connectivity index is 1.91. The van der Waals surface area contributed by atoms with Gasteiger partial charge in [0.05, 0.1) is 0 Å². The highest BCUT2D eigenvalue weighted by atomic mass is 15.2. The predicted octanol–water partition coefficient (Wildman–Crippen LogP) is 3.50. The van der Waals surface area contributed by atoms with E-state index >= 15 is 0 Å². The lowest BCUT2D eigenvalue weighted by atomic mass is 9.84. The Hall–Kier alpha value is -0.860. The number of nitrogens with zero attached hydrogens (tertiary/aromatic N) is 1. The number of benzene rings is 1. The SMILES string of the molecule is CC1CC(C)C(C)N(C2CC(N)c3ccccc32)C1. The van der Waals surface area contributed by atoms with Crippen LogP contribution in [0.4, 0.5) is 0 Å². The van der Waals surface area contributed by atoms with Gasteiger partial charge in [-0.1, -0.05) is 38.1 Å². The first-order valence-electron chi connectivity index (χ1n) is 7.68. The van der Waals surface area contributed by atoms with Crippen molar-refractivity contribution >= 4 is 0 Å². The molecule has 0 spiro atoms. The first-order valence-corrected chi connectivity index (χ1v) is 7.68. The number of nitrogens with two attached hydrogens (primary N) is 1. The molecule has 2 N–H and O–H groups in total. The van der Waals surface area contributed by atoms with Crippen LogP contribution in [0.2, 0.25) is 0 Å². The van der Waals surface area contributed by atoms with Gasteiger partial charge >= 0.3 is 0 Å². The largest absolute Gasteiger partial charge is 0.324 e. The highest BCUT2D eigenvalue weighted by Gasteiger charge is 2.38. The molecule has 3 rings (SSSR count). The van der Waals surface area contributed by atoms with Crippen LogP contribution >= 0.6 is 0 Å². The zero-order valence-corrected chi connectivity index (χ0v) is 12.3. The Morgan fingerprint density at radius 2 is 1.74 bits per heavy atom. The average Bonchev–Trinajstić information content (AvgIpc) is 2.72. The van der Waals surface area contributed by atoms with Crippen molar-refractivity contribution in [1.29, 1.82) is 0 Å². The Bertz CT molecular complexity index is 456. The maximum Gasteiger partial charge on any atom is 0.0372 e. The second-order valence-electron chi connectivity index (χ2n) is 6.74. The lowest BCUT2D eigenvalue weighted by molar-refractivity contribution is 0.0383. The van der Waals surface area contributed by atoms with Crippen molar-refractivity contribution < 1.29 is 0 Å². The van der Waals surface area contributed by atoms with Crippen LogP contribution in [0.1, 0.15) is 56.8 Å². The summed E-state index contributed by atoms with van der Waals surface area (Å²) in [6.07, 6.45) is 2.45. The van der Waals surface area contributed by atoms with Crippen LogP contribution < -0.4 is 5.73 Å². The standard InChI is InChI=1S/C17H26N2/c1-11-8-12(2)13(3)19(10-11)17-9-16(18)14-6-4-5-7-15(14)17/h4-7,11-13,16-17H,8-10,18H2,1-3H3. The summed E-state index contributed by atoms with van der Waals surface area (Å²) in [6.45, 7) is 8.39. The van der Waals surface area contributed by atoms with E-state index in [0.717, 1.165) is 18.3 Å². The highest BCUT2D eigenvalue weighted by molar-refractivity contribution is 5.37. The Morgan fingerprint density at radius 3 is 2.47 bits per heavy atom. The molecule has 1 aromatic carbocycles. The zero-order chi connectivity index (χ0) is 13.6. The van der Waals surface area contributed by atoms with E-state index in [0.29, 0.717) is 12.1 Å². The molecule has 0 aromatic heterocycles. The summed E-state index contributed by atoms with van der Waals surface area (Å²) >= 11 is 0. The Morgan fingerprint density at radius 1 is 1.05 bits per heavy atom. The van der Waals surface area contributed by atoms with Gasteiger partial charge in [0.15, 0.2) is 0 Å². The van der Waals surface area contributed by atoms with Crippen molar-refractivity contribution in [2.75, 3.05) is 6.54 Å². The minimum absolute atomic E-state index is 0.223. The molecule has 0 amide bonds. The molecular formula is C17H26N2. The summed E-state index contributed by atoms with van der Waals surface area (Å²) in [7, 11) is 0. The van der Waals surface area contributed by atoms with Gasteiger partial charge in [0.2, 0.25) is 0 Å². The monoisotopic (exact) mass is 258 g/mol. The molecule has 0 saturated carbocycles. The number of likely N-dealkylation sites (tertiary alicyclic amines) is 1. The molecule has 5 unspecified atom stereocenters. The fraction of sp³-hybridized carbons (Fsp3) is 0.647. The van der Waals surface area contributed by atoms with Gasteiger partial charge in [-0.2, -0.15) is 0 Å². The molecule has 5 atom stereocenters. The second kappa shape index (κ2) is 4.92. The van der Waals surface area contributed by atoms with E-state index in [9.17, 15) is 0 Å². The van der Waals surface area contributed by atoms with Crippen LogP contribution in [0.15, 0.2) is 24.3 Å². The first kappa shape index (κ1) is 13.1. The van der Waals surface area contributed by atoms with Crippen LogP contribution in [0.3, 0.4) is 0 Å². The van der Waals surface area contributed by atoms with Gasteiger partial charge in [-0.15, -0.1) is 0 Å². The zero-order valence-electron chi connectivity index (χ0n) is 12.3. The lowest BCUT2D eigenvalue weighted by Gasteiger charge is -2.44. The van der Waals surface area contributed by atoms with Crippen LogP contribution in [0, 0.1) is 11.8 Å². The molecule has 0 radical (unpaired) electrons. The number of fused-ring (bicyclic) bond motifs is 1. The summed E-state index contributed by atoms with van der Waals surface area (Å²) in [4.78, 5) is 2.71. The van der Waals surface area contributed by atoms with Gasteiger partial charge in [-0.3, -0.25) is 4.90 Å². The molecule has 1 heterocycles. The van der Waals surface area contributed by atoms with Gasteiger partial charge in [-0.05, 0) is 42.7 Å². The Labute approximate surface area is 117 Å². The van der Waals surface area contributed by atoms with Crippen LogP contribution in [-0.2, 0) is 0 Å². The van der Waals surface area contributed by atoms with Gasteiger partial charge in [-0.25, -0.2) is 0 Å². The molecule has 1 aliphatic carbocycles. The molecule has 1 aliphatic heterocycles.